The SMILES string of the molecule is Cl.NC1C2CCC(C2)C1C(=O)Nc1ccc(CN2C(=O)CCC2=O)cc1. The van der Waals surface area contributed by atoms with E-state index in [0.29, 0.717) is 31.2 Å². The van der Waals surface area contributed by atoms with Crippen molar-refractivity contribution in [2.75, 3.05) is 5.32 Å². The monoisotopic (exact) mass is 377 g/mol. The standard InChI is InChI=1S/C19H23N3O3.ClH/c20-18-13-4-3-12(9-13)17(18)19(25)21-14-5-1-11(2-6-14)10-22-15(23)7-8-16(22)24;/h1-2,5-6,12-13,17-18H,3-4,7-10,20H2,(H,21,25);1H. The van der Waals surface area contributed by atoms with Crippen LogP contribution in [0.2, 0.25) is 0 Å². The summed E-state index contributed by atoms with van der Waals surface area (Å²) in [5, 5.41) is 2.97. The summed E-state index contributed by atoms with van der Waals surface area (Å²) in [5.74, 6) is 0.612. The van der Waals surface area contributed by atoms with Crippen LogP contribution < -0.4 is 11.1 Å². The maximum atomic E-state index is 12.6. The molecular formula is C19H24ClN3O3. The highest BCUT2D eigenvalue weighted by molar-refractivity contribution is 6.01. The van der Waals surface area contributed by atoms with Gasteiger partial charge >= 0.3 is 0 Å². The molecule has 0 radical (unpaired) electrons. The van der Waals surface area contributed by atoms with Gasteiger partial charge in [-0.2, -0.15) is 0 Å². The lowest BCUT2D eigenvalue weighted by atomic mass is 9.84. The minimum Gasteiger partial charge on any atom is -0.327 e. The lowest BCUT2D eigenvalue weighted by molar-refractivity contribution is -0.139. The molecular weight excluding hydrogens is 354 g/mol. The van der Waals surface area contributed by atoms with E-state index in [0.717, 1.165) is 30.5 Å². The maximum absolute atomic E-state index is 12.6. The van der Waals surface area contributed by atoms with Crippen molar-refractivity contribution in [3.8, 4) is 0 Å². The van der Waals surface area contributed by atoms with Crippen LogP contribution in [-0.2, 0) is 20.9 Å². The third-order valence-corrected chi connectivity index (χ3v) is 6.00. The van der Waals surface area contributed by atoms with E-state index < -0.39 is 0 Å². The number of hydrogen-bond donors (Lipinski definition) is 2. The Morgan fingerprint density at radius 3 is 2.27 bits per heavy atom. The van der Waals surface area contributed by atoms with Crippen LogP contribution in [0.3, 0.4) is 0 Å². The molecule has 2 aliphatic carbocycles. The second kappa shape index (κ2) is 7.37. The van der Waals surface area contributed by atoms with E-state index in [1.807, 2.05) is 24.3 Å². The molecule has 2 saturated carbocycles. The van der Waals surface area contributed by atoms with Crippen LogP contribution in [0.4, 0.5) is 5.69 Å². The van der Waals surface area contributed by atoms with Crippen LogP contribution in [0.1, 0.15) is 37.7 Å². The van der Waals surface area contributed by atoms with Crippen molar-refractivity contribution in [2.24, 2.45) is 23.5 Å². The van der Waals surface area contributed by atoms with Crippen molar-refractivity contribution >= 4 is 35.8 Å². The van der Waals surface area contributed by atoms with E-state index in [-0.39, 0.29) is 42.1 Å². The average Bonchev–Trinajstić information content (AvgIpc) is 3.27. The number of carbonyl (C=O) groups excluding carboxylic acids is 3. The summed E-state index contributed by atoms with van der Waals surface area (Å²) in [6, 6.07) is 7.29. The summed E-state index contributed by atoms with van der Waals surface area (Å²) in [6.45, 7) is 0.295. The lowest BCUT2D eigenvalue weighted by Gasteiger charge is -2.27. The van der Waals surface area contributed by atoms with Gasteiger partial charge in [0.25, 0.3) is 0 Å². The predicted molar refractivity (Wildman–Crippen MR) is 99.4 cm³/mol. The van der Waals surface area contributed by atoms with Crippen LogP contribution in [0, 0.1) is 17.8 Å². The number of benzene rings is 1. The molecule has 1 saturated heterocycles. The molecule has 1 aromatic rings. The highest BCUT2D eigenvalue weighted by atomic mass is 35.5. The Kier molecular flexibility index (Phi) is 5.34. The predicted octanol–water partition coefficient (Wildman–Crippen LogP) is 2.07. The highest BCUT2D eigenvalue weighted by Gasteiger charge is 2.49. The number of halogens is 1. The van der Waals surface area contributed by atoms with E-state index >= 15 is 0 Å². The van der Waals surface area contributed by atoms with Crippen LogP contribution in [0.5, 0.6) is 0 Å². The number of nitrogens with one attached hydrogen (secondary N) is 1. The van der Waals surface area contributed by atoms with E-state index in [9.17, 15) is 14.4 Å². The van der Waals surface area contributed by atoms with Gasteiger partial charge in [0, 0.05) is 24.6 Å². The number of nitrogens with two attached hydrogens (primary N) is 1. The zero-order chi connectivity index (χ0) is 17.6. The van der Waals surface area contributed by atoms with E-state index in [1.54, 1.807) is 0 Å². The molecule has 4 unspecified atom stereocenters. The molecule has 7 heteroatoms. The minimum absolute atomic E-state index is 0. The molecule has 3 fully saturated rings. The van der Waals surface area contributed by atoms with Gasteiger partial charge in [-0.1, -0.05) is 12.1 Å². The summed E-state index contributed by atoms with van der Waals surface area (Å²) in [5.41, 5.74) is 7.83. The third kappa shape index (κ3) is 3.35. The molecule has 3 amide bonds. The van der Waals surface area contributed by atoms with Crippen molar-refractivity contribution < 1.29 is 14.4 Å². The first kappa shape index (κ1) is 18.9. The average molecular weight is 378 g/mol. The van der Waals surface area contributed by atoms with Gasteiger partial charge in [0.2, 0.25) is 17.7 Å². The van der Waals surface area contributed by atoms with Crippen LogP contribution >= 0.6 is 12.4 Å². The largest absolute Gasteiger partial charge is 0.327 e. The molecule has 4 rings (SSSR count). The Bertz CT molecular complexity index is 703. The Morgan fingerprint density at radius 1 is 1.08 bits per heavy atom. The molecule has 3 N–H and O–H groups in total. The summed E-state index contributed by atoms with van der Waals surface area (Å²) in [6.07, 6.45) is 3.94. The Morgan fingerprint density at radius 2 is 1.69 bits per heavy atom. The van der Waals surface area contributed by atoms with Gasteiger partial charge in [0.05, 0.1) is 12.5 Å². The summed E-state index contributed by atoms with van der Waals surface area (Å²) < 4.78 is 0. The number of hydrogen-bond acceptors (Lipinski definition) is 4. The van der Waals surface area contributed by atoms with Crippen molar-refractivity contribution in [1.29, 1.82) is 0 Å². The van der Waals surface area contributed by atoms with E-state index in [4.69, 9.17) is 5.73 Å². The van der Waals surface area contributed by atoms with Gasteiger partial charge in [0.1, 0.15) is 0 Å². The highest BCUT2D eigenvalue weighted by Crippen LogP contribution is 2.47. The fraction of sp³-hybridized carbons (Fsp3) is 0.526. The van der Waals surface area contributed by atoms with Gasteiger partial charge in [-0.3, -0.25) is 19.3 Å². The Balaban J connectivity index is 0.00000196. The second-order valence-corrected chi connectivity index (χ2v) is 7.50. The Hall–Kier alpha value is -1.92. The zero-order valence-corrected chi connectivity index (χ0v) is 15.3. The minimum atomic E-state index is -0.118. The summed E-state index contributed by atoms with van der Waals surface area (Å²) in [7, 11) is 0. The number of amides is 3. The van der Waals surface area contributed by atoms with Crippen molar-refractivity contribution in [3.05, 3.63) is 29.8 Å². The third-order valence-electron chi connectivity index (χ3n) is 6.00. The van der Waals surface area contributed by atoms with Crippen LogP contribution in [0.25, 0.3) is 0 Å². The van der Waals surface area contributed by atoms with Crippen LogP contribution in [-0.4, -0.2) is 28.7 Å². The number of likely N-dealkylation sites (tertiary alicyclic amines) is 1. The van der Waals surface area contributed by atoms with Gasteiger partial charge < -0.3 is 11.1 Å². The molecule has 140 valence electrons. The normalized spacial score (nSPS) is 29.8. The first-order valence-electron chi connectivity index (χ1n) is 9.01. The van der Waals surface area contributed by atoms with Crippen LogP contribution in [0.15, 0.2) is 24.3 Å². The number of nitrogens with zero attached hydrogens (tertiary/aromatic N) is 1. The fourth-order valence-corrected chi connectivity index (χ4v) is 4.63. The molecule has 6 nitrogen and oxygen atoms in total. The molecule has 3 aliphatic rings. The topological polar surface area (TPSA) is 92.5 Å². The molecule has 26 heavy (non-hydrogen) atoms. The van der Waals surface area contributed by atoms with Gasteiger partial charge in [-0.05, 0) is 48.8 Å². The van der Waals surface area contributed by atoms with Crippen molar-refractivity contribution in [2.45, 2.75) is 44.7 Å². The molecule has 0 spiro atoms. The molecule has 1 aromatic carbocycles. The molecule has 0 aromatic heterocycles. The van der Waals surface area contributed by atoms with Crippen molar-refractivity contribution in [1.82, 2.24) is 4.90 Å². The quantitative estimate of drug-likeness (QED) is 0.785. The van der Waals surface area contributed by atoms with E-state index in [1.165, 1.54) is 4.90 Å². The first-order chi connectivity index (χ1) is 12.0. The van der Waals surface area contributed by atoms with Gasteiger partial charge in [-0.15, -0.1) is 12.4 Å². The van der Waals surface area contributed by atoms with Crippen molar-refractivity contribution in [3.63, 3.8) is 0 Å². The maximum Gasteiger partial charge on any atom is 0.229 e. The first-order valence-corrected chi connectivity index (χ1v) is 9.01. The van der Waals surface area contributed by atoms with Gasteiger partial charge in [-0.25, -0.2) is 0 Å². The fourth-order valence-electron chi connectivity index (χ4n) is 4.63. The molecule has 4 atom stereocenters. The number of anilines is 1. The van der Waals surface area contributed by atoms with E-state index in [2.05, 4.69) is 5.32 Å². The lowest BCUT2D eigenvalue weighted by Crippen LogP contribution is -2.42. The molecule has 2 bridgehead atoms. The number of imide groups is 1. The summed E-state index contributed by atoms with van der Waals surface area (Å²) >= 11 is 0. The zero-order valence-electron chi connectivity index (χ0n) is 14.5. The molecule has 1 aliphatic heterocycles. The molecule has 1 heterocycles. The summed E-state index contributed by atoms with van der Waals surface area (Å²) in [4.78, 5) is 37.2. The number of fused-ring (bicyclic) bond motifs is 2. The second-order valence-electron chi connectivity index (χ2n) is 7.50. The number of carbonyl (C=O) groups is 3. The van der Waals surface area contributed by atoms with Gasteiger partial charge in [0.15, 0.2) is 0 Å². The number of rotatable bonds is 4. The smallest absolute Gasteiger partial charge is 0.229 e. The Labute approximate surface area is 158 Å².